The van der Waals surface area contributed by atoms with Gasteiger partial charge in [-0.15, -0.1) is 0 Å². The molecule has 0 aliphatic heterocycles. The van der Waals surface area contributed by atoms with Crippen LogP contribution in [-0.2, 0) is 0 Å². The van der Waals surface area contributed by atoms with Crippen molar-refractivity contribution in [3.8, 4) is 17.2 Å². The topological polar surface area (TPSA) is 60.7 Å². The summed E-state index contributed by atoms with van der Waals surface area (Å²) in [6.07, 6.45) is 1.72. The second-order valence-corrected chi connectivity index (χ2v) is 6.88. The molecule has 140 valence electrons. The maximum Gasteiger partial charge on any atom is 0.119 e. The van der Waals surface area contributed by atoms with Crippen LogP contribution in [0.1, 0.15) is 60.8 Å². The SMILES string of the molecule is CCC(c1ccc(O)cc1)c1cccc(O)c1C(CC)c1ccc(O)cc1. The standard InChI is InChI=1S/C24H26O3/c1-3-20(16-8-12-18(25)13-9-16)22-6-5-7-23(27)24(22)21(4-2)17-10-14-19(26)15-11-17/h5-15,20-21,25-27H,3-4H2,1-2H3. The van der Waals surface area contributed by atoms with Crippen molar-refractivity contribution in [2.45, 2.75) is 38.5 Å². The third kappa shape index (κ3) is 3.92. The summed E-state index contributed by atoms with van der Waals surface area (Å²) >= 11 is 0. The molecule has 2 unspecified atom stereocenters. The van der Waals surface area contributed by atoms with Crippen LogP contribution in [0.4, 0.5) is 0 Å². The van der Waals surface area contributed by atoms with E-state index in [0.29, 0.717) is 5.75 Å². The Morgan fingerprint density at radius 2 is 1.11 bits per heavy atom. The van der Waals surface area contributed by atoms with Crippen molar-refractivity contribution in [2.24, 2.45) is 0 Å². The van der Waals surface area contributed by atoms with Gasteiger partial charge in [-0.2, -0.15) is 0 Å². The predicted octanol–water partition coefficient (Wildman–Crippen LogP) is 5.89. The van der Waals surface area contributed by atoms with Crippen LogP contribution in [0.15, 0.2) is 66.7 Å². The van der Waals surface area contributed by atoms with Crippen molar-refractivity contribution in [1.82, 2.24) is 0 Å². The molecule has 0 spiro atoms. The number of phenols is 3. The molecule has 0 radical (unpaired) electrons. The maximum atomic E-state index is 10.8. The molecule has 3 nitrogen and oxygen atoms in total. The van der Waals surface area contributed by atoms with Gasteiger partial charge in [0.2, 0.25) is 0 Å². The summed E-state index contributed by atoms with van der Waals surface area (Å²) in [6.45, 7) is 4.24. The first-order valence-electron chi connectivity index (χ1n) is 9.44. The van der Waals surface area contributed by atoms with Gasteiger partial charge >= 0.3 is 0 Å². The molecule has 3 rings (SSSR count). The van der Waals surface area contributed by atoms with Gasteiger partial charge in [-0.25, -0.2) is 0 Å². The summed E-state index contributed by atoms with van der Waals surface area (Å²) in [5, 5.41) is 30.0. The monoisotopic (exact) mass is 362 g/mol. The van der Waals surface area contributed by atoms with Crippen LogP contribution >= 0.6 is 0 Å². The van der Waals surface area contributed by atoms with Crippen molar-refractivity contribution in [2.75, 3.05) is 0 Å². The Bertz CT molecular complexity index is 883. The smallest absolute Gasteiger partial charge is 0.119 e. The van der Waals surface area contributed by atoms with Gasteiger partial charge in [-0.05, 0) is 59.9 Å². The molecule has 0 aliphatic carbocycles. The van der Waals surface area contributed by atoms with E-state index in [0.717, 1.165) is 35.1 Å². The van der Waals surface area contributed by atoms with E-state index < -0.39 is 0 Å². The molecular weight excluding hydrogens is 336 g/mol. The van der Waals surface area contributed by atoms with E-state index in [9.17, 15) is 15.3 Å². The van der Waals surface area contributed by atoms with Crippen LogP contribution in [0.5, 0.6) is 17.2 Å². The predicted molar refractivity (Wildman–Crippen MR) is 109 cm³/mol. The summed E-state index contributed by atoms with van der Waals surface area (Å²) in [5.41, 5.74) is 4.22. The molecule has 0 aromatic heterocycles. The van der Waals surface area contributed by atoms with E-state index in [-0.39, 0.29) is 23.3 Å². The first-order valence-corrected chi connectivity index (χ1v) is 9.44. The third-order valence-corrected chi connectivity index (χ3v) is 5.25. The summed E-state index contributed by atoms with van der Waals surface area (Å²) in [7, 11) is 0. The van der Waals surface area contributed by atoms with Gasteiger partial charge in [0.25, 0.3) is 0 Å². The minimum atomic E-state index is 0.0352. The molecule has 0 aliphatic rings. The van der Waals surface area contributed by atoms with E-state index in [1.807, 2.05) is 30.3 Å². The van der Waals surface area contributed by atoms with Crippen molar-refractivity contribution in [1.29, 1.82) is 0 Å². The number of hydrogen-bond acceptors (Lipinski definition) is 3. The maximum absolute atomic E-state index is 10.8. The van der Waals surface area contributed by atoms with E-state index in [2.05, 4.69) is 19.9 Å². The van der Waals surface area contributed by atoms with Gasteiger partial charge in [-0.3, -0.25) is 0 Å². The highest BCUT2D eigenvalue weighted by Crippen LogP contribution is 2.42. The molecule has 0 saturated heterocycles. The first kappa shape index (κ1) is 18.8. The van der Waals surface area contributed by atoms with Gasteiger partial charge in [0.05, 0.1) is 0 Å². The summed E-state index contributed by atoms with van der Waals surface area (Å²) in [6, 6.07) is 20.2. The lowest BCUT2D eigenvalue weighted by molar-refractivity contribution is 0.461. The Balaban J connectivity index is 2.12. The molecule has 2 atom stereocenters. The van der Waals surface area contributed by atoms with Gasteiger partial charge in [0.1, 0.15) is 17.2 Å². The fourth-order valence-electron chi connectivity index (χ4n) is 3.91. The van der Waals surface area contributed by atoms with Gasteiger partial charge in [0.15, 0.2) is 0 Å². The van der Waals surface area contributed by atoms with Gasteiger partial charge in [0, 0.05) is 17.4 Å². The van der Waals surface area contributed by atoms with Crippen LogP contribution < -0.4 is 0 Å². The highest BCUT2D eigenvalue weighted by molar-refractivity contribution is 5.51. The fraction of sp³-hybridized carbons (Fsp3) is 0.250. The number of rotatable bonds is 6. The van der Waals surface area contributed by atoms with Gasteiger partial charge in [-0.1, -0.05) is 50.2 Å². The second-order valence-electron chi connectivity index (χ2n) is 6.88. The Hall–Kier alpha value is -2.94. The van der Waals surface area contributed by atoms with E-state index in [1.165, 1.54) is 0 Å². The van der Waals surface area contributed by atoms with E-state index in [4.69, 9.17) is 0 Å². The molecule has 3 aromatic rings. The second kappa shape index (κ2) is 8.17. The summed E-state index contributed by atoms with van der Waals surface area (Å²) in [5.74, 6) is 0.943. The number of hydrogen-bond donors (Lipinski definition) is 3. The van der Waals surface area contributed by atoms with Crippen molar-refractivity contribution < 1.29 is 15.3 Å². The highest BCUT2D eigenvalue weighted by Gasteiger charge is 2.24. The summed E-state index contributed by atoms with van der Waals surface area (Å²) < 4.78 is 0. The molecule has 0 fully saturated rings. The molecule has 3 N–H and O–H groups in total. The normalized spacial score (nSPS) is 13.3. The van der Waals surface area contributed by atoms with Crippen LogP contribution in [0, 0.1) is 0 Å². The van der Waals surface area contributed by atoms with Crippen molar-refractivity contribution in [3.05, 3.63) is 89.0 Å². The Morgan fingerprint density at radius 3 is 1.59 bits per heavy atom. The van der Waals surface area contributed by atoms with Crippen LogP contribution in [0.3, 0.4) is 0 Å². The lowest BCUT2D eigenvalue weighted by atomic mass is 9.79. The zero-order chi connectivity index (χ0) is 19.4. The molecule has 0 saturated carbocycles. The van der Waals surface area contributed by atoms with Crippen molar-refractivity contribution in [3.63, 3.8) is 0 Å². The highest BCUT2D eigenvalue weighted by atomic mass is 16.3. The van der Waals surface area contributed by atoms with Crippen LogP contribution in [0.25, 0.3) is 0 Å². The molecule has 3 heteroatoms. The van der Waals surface area contributed by atoms with Gasteiger partial charge < -0.3 is 15.3 Å². The molecule has 27 heavy (non-hydrogen) atoms. The lowest BCUT2D eigenvalue weighted by Crippen LogP contribution is -2.09. The molecule has 0 heterocycles. The number of phenolic OH excluding ortho intramolecular Hbond substituents is 3. The zero-order valence-electron chi connectivity index (χ0n) is 15.8. The number of benzene rings is 3. The minimum absolute atomic E-state index is 0.0352. The molecule has 0 amide bonds. The van der Waals surface area contributed by atoms with E-state index in [1.54, 1.807) is 30.3 Å². The number of aromatic hydroxyl groups is 3. The first-order chi connectivity index (χ1) is 13.0. The Labute approximate surface area is 160 Å². The fourth-order valence-corrected chi connectivity index (χ4v) is 3.91. The zero-order valence-corrected chi connectivity index (χ0v) is 15.8. The largest absolute Gasteiger partial charge is 0.508 e. The Morgan fingerprint density at radius 1 is 0.630 bits per heavy atom. The molecular formula is C24H26O3. The molecule has 0 bridgehead atoms. The quantitative estimate of drug-likeness (QED) is 0.512. The third-order valence-electron chi connectivity index (χ3n) is 5.25. The Kier molecular flexibility index (Phi) is 5.70. The molecule has 3 aromatic carbocycles. The summed E-state index contributed by atoms with van der Waals surface area (Å²) in [4.78, 5) is 0. The van der Waals surface area contributed by atoms with Crippen LogP contribution in [-0.4, -0.2) is 15.3 Å². The van der Waals surface area contributed by atoms with Crippen molar-refractivity contribution >= 4 is 0 Å². The average molecular weight is 362 g/mol. The average Bonchev–Trinajstić information content (AvgIpc) is 2.67. The van der Waals surface area contributed by atoms with E-state index >= 15 is 0 Å². The lowest BCUT2D eigenvalue weighted by Gasteiger charge is -2.26. The minimum Gasteiger partial charge on any atom is -0.508 e. The van der Waals surface area contributed by atoms with Crippen LogP contribution in [0.2, 0.25) is 0 Å².